The van der Waals surface area contributed by atoms with Crippen molar-refractivity contribution in [3.8, 4) is 0 Å². The second-order valence-corrected chi connectivity index (χ2v) is 4.20. The van der Waals surface area contributed by atoms with Gasteiger partial charge in [-0.15, -0.1) is 0 Å². The van der Waals surface area contributed by atoms with E-state index < -0.39 is 0 Å². The Morgan fingerprint density at radius 3 is 2.82 bits per heavy atom. The fourth-order valence-corrected chi connectivity index (χ4v) is 1.42. The van der Waals surface area contributed by atoms with Crippen LogP contribution < -0.4 is 11.1 Å². The maximum Gasteiger partial charge on any atom is 0.223 e. The molecular weight excluding hydrogens is 216 g/mol. The van der Waals surface area contributed by atoms with Gasteiger partial charge in [-0.25, -0.2) is 0 Å². The lowest BCUT2D eigenvalue weighted by atomic mass is 10.1. The van der Waals surface area contributed by atoms with E-state index in [1.165, 1.54) is 0 Å². The van der Waals surface area contributed by atoms with Gasteiger partial charge in [0.1, 0.15) is 0 Å². The number of nitrogens with one attached hydrogen (secondary N) is 1. The van der Waals surface area contributed by atoms with E-state index in [1.54, 1.807) is 12.4 Å². The minimum Gasteiger partial charge on any atom is -0.350 e. The number of hydrogen-bond donors (Lipinski definition) is 2. The lowest BCUT2D eigenvalue weighted by molar-refractivity contribution is -0.124. The number of nitrogens with two attached hydrogens (primary N) is 1. The van der Waals surface area contributed by atoms with Crippen LogP contribution in [0.15, 0.2) is 12.4 Å². The van der Waals surface area contributed by atoms with Crippen LogP contribution in [0.5, 0.6) is 0 Å². The van der Waals surface area contributed by atoms with E-state index in [1.807, 2.05) is 13.8 Å². The predicted octanol–water partition coefficient (Wildman–Crippen LogP) is 0.776. The fraction of sp³-hybridized carbons (Fsp3) is 0.583. The van der Waals surface area contributed by atoms with Crippen LogP contribution in [0.1, 0.15) is 31.2 Å². The number of carbonyl (C=O) groups excluding carboxylic acids is 1. The molecule has 0 aliphatic carbocycles. The highest BCUT2D eigenvalue weighted by atomic mass is 16.1. The van der Waals surface area contributed by atoms with E-state index in [0.717, 1.165) is 24.2 Å². The zero-order valence-corrected chi connectivity index (χ0v) is 10.4. The molecule has 0 fully saturated rings. The second-order valence-electron chi connectivity index (χ2n) is 4.20. The maximum atomic E-state index is 11.7. The molecule has 1 heterocycles. The highest BCUT2D eigenvalue weighted by Gasteiger charge is 2.11. The molecule has 0 aliphatic rings. The Balaban J connectivity index is 2.34. The van der Waals surface area contributed by atoms with Crippen LogP contribution in [0.25, 0.3) is 0 Å². The van der Waals surface area contributed by atoms with Crippen LogP contribution in [-0.4, -0.2) is 22.4 Å². The van der Waals surface area contributed by atoms with Gasteiger partial charge in [0.25, 0.3) is 0 Å². The number of rotatable bonds is 6. The minimum absolute atomic E-state index is 0.00282. The summed E-state index contributed by atoms with van der Waals surface area (Å²) in [6.45, 7) is 4.84. The molecule has 0 aliphatic heterocycles. The van der Waals surface area contributed by atoms with Gasteiger partial charge in [0.05, 0.1) is 24.1 Å². The monoisotopic (exact) mass is 236 g/mol. The van der Waals surface area contributed by atoms with Gasteiger partial charge in [0, 0.05) is 12.1 Å². The van der Waals surface area contributed by atoms with E-state index in [-0.39, 0.29) is 11.8 Å². The molecule has 1 aromatic rings. The Bertz CT molecular complexity index is 350. The van der Waals surface area contributed by atoms with Gasteiger partial charge in [-0.2, -0.15) is 0 Å². The maximum absolute atomic E-state index is 11.7. The van der Waals surface area contributed by atoms with Crippen LogP contribution >= 0.6 is 0 Å². The first-order valence-corrected chi connectivity index (χ1v) is 5.88. The molecule has 17 heavy (non-hydrogen) atoms. The number of carbonyl (C=O) groups is 1. The molecule has 5 heteroatoms. The quantitative estimate of drug-likeness (QED) is 0.764. The number of aromatic nitrogens is 2. The molecule has 0 radical (unpaired) electrons. The molecule has 94 valence electrons. The predicted molar refractivity (Wildman–Crippen MR) is 66.1 cm³/mol. The Morgan fingerprint density at radius 2 is 2.24 bits per heavy atom. The summed E-state index contributed by atoms with van der Waals surface area (Å²) in [4.78, 5) is 20.0. The largest absolute Gasteiger partial charge is 0.350 e. The van der Waals surface area contributed by atoms with Gasteiger partial charge in [-0.3, -0.25) is 14.8 Å². The molecule has 0 spiro atoms. The lowest BCUT2D eigenvalue weighted by Crippen LogP contribution is -2.29. The third kappa shape index (κ3) is 4.91. The zero-order chi connectivity index (χ0) is 12.7. The van der Waals surface area contributed by atoms with E-state index >= 15 is 0 Å². The van der Waals surface area contributed by atoms with Gasteiger partial charge >= 0.3 is 0 Å². The van der Waals surface area contributed by atoms with Gasteiger partial charge in [-0.1, -0.05) is 6.92 Å². The first-order valence-electron chi connectivity index (χ1n) is 5.88. The summed E-state index contributed by atoms with van der Waals surface area (Å²) in [5.74, 6) is 0.0396. The third-order valence-corrected chi connectivity index (χ3v) is 2.57. The summed E-state index contributed by atoms with van der Waals surface area (Å²) < 4.78 is 0. The molecule has 0 saturated carbocycles. The van der Waals surface area contributed by atoms with Crippen LogP contribution in [0, 0.1) is 12.8 Å². The smallest absolute Gasteiger partial charge is 0.223 e. The summed E-state index contributed by atoms with van der Waals surface area (Å²) in [6.07, 6.45) is 5.07. The first-order chi connectivity index (χ1) is 8.13. The van der Waals surface area contributed by atoms with E-state index in [0.29, 0.717) is 13.1 Å². The SMILES string of the molecule is Cc1cnc(CNC(=O)C(C)CCCN)cn1. The van der Waals surface area contributed by atoms with Crippen LogP contribution in [-0.2, 0) is 11.3 Å². The van der Waals surface area contributed by atoms with E-state index in [2.05, 4.69) is 15.3 Å². The molecule has 1 aromatic heterocycles. The summed E-state index contributed by atoms with van der Waals surface area (Å²) in [6, 6.07) is 0. The zero-order valence-electron chi connectivity index (χ0n) is 10.4. The van der Waals surface area contributed by atoms with Crippen LogP contribution in [0.4, 0.5) is 0 Å². The highest BCUT2D eigenvalue weighted by molar-refractivity contribution is 5.78. The van der Waals surface area contributed by atoms with Gasteiger partial charge in [-0.05, 0) is 26.3 Å². The molecule has 3 N–H and O–H groups in total. The number of aryl methyl sites for hydroxylation is 1. The Hall–Kier alpha value is -1.49. The van der Waals surface area contributed by atoms with Crippen molar-refractivity contribution in [3.05, 3.63) is 23.8 Å². The molecule has 0 bridgehead atoms. The molecule has 1 atom stereocenters. The Morgan fingerprint density at radius 1 is 1.47 bits per heavy atom. The molecule has 0 aromatic carbocycles. The number of amides is 1. The van der Waals surface area contributed by atoms with Crippen molar-refractivity contribution >= 4 is 5.91 Å². The Labute approximate surface area is 102 Å². The van der Waals surface area contributed by atoms with Crippen molar-refractivity contribution in [3.63, 3.8) is 0 Å². The third-order valence-electron chi connectivity index (χ3n) is 2.57. The summed E-state index contributed by atoms with van der Waals surface area (Å²) in [5.41, 5.74) is 7.05. The van der Waals surface area contributed by atoms with Crippen molar-refractivity contribution in [2.75, 3.05) is 6.54 Å². The van der Waals surface area contributed by atoms with E-state index in [9.17, 15) is 4.79 Å². The van der Waals surface area contributed by atoms with Crippen molar-refractivity contribution in [1.82, 2.24) is 15.3 Å². The van der Waals surface area contributed by atoms with Crippen LogP contribution in [0.2, 0.25) is 0 Å². The number of hydrogen-bond acceptors (Lipinski definition) is 4. The molecule has 1 unspecified atom stereocenters. The van der Waals surface area contributed by atoms with Crippen molar-refractivity contribution in [2.45, 2.75) is 33.2 Å². The summed E-state index contributed by atoms with van der Waals surface area (Å²) >= 11 is 0. The lowest BCUT2D eigenvalue weighted by Gasteiger charge is -2.11. The fourth-order valence-electron chi connectivity index (χ4n) is 1.42. The Kier molecular flexibility index (Phi) is 5.56. The van der Waals surface area contributed by atoms with Gasteiger partial charge in [0.15, 0.2) is 0 Å². The minimum atomic E-state index is -0.00282. The van der Waals surface area contributed by atoms with Crippen LogP contribution in [0.3, 0.4) is 0 Å². The summed E-state index contributed by atoms with van der Waals surface area (Å²) in [5, 5.41) is 2.84. The second kappa shape index (κ2) is 6.96. The standard InChI is InChI=1S/C12H20N4O/c1-9(4-3-5-13)12(17)16-8-11-7-14-10(2)6-15-11/h6-7,9H,3-5,8,13H2,1-2H3,(H,16,17). The first kappa shape index (κ1) is 13.6. The molecule has 0 saturated heterocycles. The average Bonchev–Trinajstić information content (AvgIpc) is 2.34. The van der Waals surface area contributed by atoms with E-state index in [4.69, 9.17) is 5.73 Å². The van der Waals surface area contributed by atoms with Gasteiger partial charge < -0.3 is 11.1 Å². The normalized spacial score (nSPS) is 12.2. The summed E-state index contributed by atoms with van der Waals surface area (Å²) in [7, 11) is 0. The van der Waals surface area contributed by atoms with Crippen molar-refractivity contribution < 1.29 is 4.79 Å². The van der Waals surface area contributed by atoms with Crippen molar-refractivity contribution in [2.24, 2.45) is 11.7 Å². The molecule has 1 amide bonds. The molecule has 1 rings (SSSR count). The number of nitrogens with zero attached hydrogens (tertiary/aromatic N) is 2. The van der Waals surface area contributed by atoms with Crippen molar-refractivity contribution in [1.29, 1.82) is 0 Å². The molecular formula is C12H20N4O. The molecule has 5 nitrogen and oxygen atoms in total. The highest BCUT2D eigenvalue weighted by Crippen LogP contribution is 2.04. The average molecular weight is 236 g/mol. The van der Waals surface area contributed by atoms with Gasteiger partial charge in [0.2, 0.25) is 5.91 Å². The topological polar surface area (TPSA) is 80.9 Å².